The zero-order chi connectivity index (χ0) is 8.55. The second kappa shape index (κ2) is 2.47. The number of hydrogen-bond donors (Lipinski definition) is 1. The van der Waals surface area contributed by atoms with Gasteiger partial charge in [0.05, 0.1) is 22.2 Å². The van der Waals surface area contributed by atoms with Gasteiger partial charge in [-0.25, -0.2) is 4.98 Å². The number of nitrogens with zero attached hydrogens (tertiary/aromatic N) is 3. The van der Waals surface area contributed by atoms with Crippen LogP contribution in [0.15, 0.2) is 12.4 Å². The highest BCUT2D eigenvalue weighted by molar-refractivity contribution is 6.36. The van der Waals surface area contributed by atoms with E-state index in [9.17, 15) is 0 Å². The molecule has 0 unspecified atom stereocenters. The smallest absolute Gasteiger partial charge is 0.156 e. The summed E-state index contributed by atoms with van der Waals surface area (Å²) in [6.07, 6.45) is 2.97. The lowest BCUT2D eigenvalue weighted by molar-refractivity contribution is 1.10. The molecule has 0 saturated heterocycles. The SMILES string of the molecule is N#Cc1cnc2[nH]ncc2c1Cl. The van der Waals surface area contributed by atoms with Gasteiger partial charge in [0.2, 0.25) is 0 Å². The van der Waals surface area contributed by atoms with Crippen molar-refractivity contribution in [2.24, 2.45) is 0 Å². The van der Waals surface area contributed by atoms with Gasteiger partial charge in [0.25, 0.3) is 0 Å². The molecule has 4 nitrogen and oxygen atoms in total. The Morgan fingerprint density at radius 2 is 2.33 bits per heavy atom. The Kier molecular flexibility index (Phi) is 1.45. The van der Waals surface area contributed by atoms with Gasteiger partial charge in [-0.2, -0.15) is 10.4 Å². The number of rotatable bonds is 0. The highest BCUT2D eigenvalue weighted by Crippen LogP contribution is 2.22. The van der Waals surface area contributed by atoms with Crippen molar-refractivity contribution in [1.29, 1.82) is 5.26 Å². The number of halogens is 1. The van der Waals surface area contributed by atoms with E-state index in [1.54, 1.807) is 6.20 Å². The molecule has 2 heterocycles. The van der Waals surface area contributed by atoms with E-state index >= 15 is 0 Å². The van der Waals surface area contributed by atoms with Crippen LogP contribution in [0, 0.1) is 11.3 Å². The van der Waals surface area contributed by atoms with Crippen molar-refractivity contribution in [3.63, 3.8) is 0 Å². The summed E-state index contributed by atoms with van der Waals surface area (Å²) in [5.74, 6) is 0. The molecule has 2 aromatic rings. The summed E-state index contributed by atoms with van der Waals surface area (Å²) in [4.78, 5) is 3.95. The normalized spacial score (nSPS) is 10.0. The first kappa shape index (κ1) is 7.07. The Hall–Kier alpha value is -1.60. The van der Waals surface area contributed by atoms with Gasteiger partial charge in [-0.1, -0.05) is 11.6 Å². The second-order valence-electron chi connectivity index (χ2n) is 2.23. The molecule has 0 aliphatic heterocycles. The van der Waals surface area contributed by atoms with Crippen molar-refractivity contribution in [1.82, 2.24) is 15.2 Å². The number of pyridine rings is 1. The third-order valence-corrected chi connectivity index (χ3v) is 1.94. The van der Waals surface area contributed by atoms with Gasteiger partial charge < -0.3 is 0 Å². The maximum Gasteiger partial charge on any atom is 0.156 e. The molecule has 0 aliphatic rings. The van der Waals surface area contributed by atoms with E-state index in [4.69, 9.17) is 16.9 Å². The number of hydrogen-bond acceptors (Lipinski definition) is 3. The third-order valence-electron chi connectivity index (χ3n) is 1.54. The molecule has 5 heteroatoms. The monoisotopic (exact) mass is 178 g/mol. The zero-order valence-electron chi connectivity index (χ0n) is 5.87. The van der Waals surface area contributed by atoms with Crippen LogP contribution in [0.25, 0.3) is 11.0 Å². The van der Waals surface area contributed by atoms with Crippen molar-refractivity contribution >= 4 is 22.6 Å². The van der Waals surface area contributed by atoms with Crippen LogP contribution in [0.5, 0.6) is 0 Å². The molecule has 58 valence electrons. The first-order chi connectivity index (χ1) is 5.83. The molecule has 12 heavy (non-hydrogen) atoms. The van der Waals surface area contributed by atoms with Gasteiger partial charge in [-0.3, -0.25) is 5.10 Å². The van der Waals surface area contributed by atoms with E-state index in [2.05, 4.69) is 15.2 Å². The van der Waals surface area contributed by atoms with Crippen LogP contribution >= 0.6 is 11.6 Å². The average molecular weight is 179 g/mol. The molecular formula is C7H3ClN4. The number of nitrogens with one attached hydrogen (secondary N) is 1. The van der Waals surface area contributed by atoms with E-state index in [1.165, 1.54) is 6.20 Å². The predicted molar refractivity (Wildman–Crippen MR) is 43.6 cm³/mol. The van der Waals surface area contributed by atoms with E-state index in [-0.39, 0.29) is 0 Å². The summed E-state index contributed by atoms with van der Waals surface area (Å²) < 4.78 is 0. The fraction of sp³-hybridized carbons (Fsp3) is 0. The van der Waals surface area contributed by atoms with Crippen LogP contribution < -0.4 is 0 Å². The molecule has 0 atom stereocenters. The molecule has 2 aromatic heterocycles. The molecule has 0 bridgehead atoms. The third kappa shape index (κ3) is 0.840. The second-order valence-corrected chi connectivity index (χ2v) is 2.61. The zero-order valence-corrected chi connectivity index (χ0v) is 6.63. The average Bonchev–Trinajstić information content (AvgIpc) is 2.53. The molecule has 0 spiro atoms. The number of fused-ring (bicyclic) bond motifs is 1. The molecule has 0 aromatic carbocycles. The Morgan fingerprint density at radius 1 is 1.50 bits per heavy atom. The van der Waals surface area contributed by atoms with Gasteiger partial charge in [0.1, 0.15) is 6.07 Å². The minimum absolute atomic E-state index is 0.366. The molecule has 1 N–H and O–H groups in total. The van der Waals surface area contributed by atoms with Crippen molar-refractivity contribution < 1.29 is 0 Å². The van der Waals surface area contributed by atoms with Crippen LogP contribution in [-0.4, -0.2) is 15.2 Å². The maximum absolute atomic E-state index is 8.61. The Morgan fingerprint density at radius 3 is 3.08 bits per heavy atom. The lowest BCUT2D eigenvalue weighted by atomic mass is 10.2. The number of aromatic nitrogens is 3. The van der Waals surface area contributed by atoms with Crippen LogP contribution in [0.4, 0.5) is 0 Å². The lowest BCUT2D eigenvalue weighted by Crippen LogP contribution is -1.82. The molecule has 0 amide bonds. The highest BCUT2D eigenvalue weighted by atomic mass is 35.5. The fourth-order valence-electron chi connectivity index (χ4n) is 0.947. The quantitative estimate of drug-likeness (QED) is 0.665. The van der Waals surface area contributed by atoms with Crippen LogP contribution in [0.3, 0.4) is 0 Å². The molecule has 0 saturated carbocycles. The number of H-pyrrole nitrogens is 1. The van der Waals surface area contributed by atoms with Gasteiger partial charge in [-0.05, 0) is 0 Å². The first-order valence-electron chi connectivity index (χ1n) is 3.20. The maximum atomic E-state index is 8.61. The molecule has 0 fully saturated rings. The summed E-state index contributed by atoms with van der Waals surface area (Å²) in [5, 5.41) is 16.1. The number of aromatic amines is 1. The Balaban J connectivity index is 2.89. The molecule has 0 aliphatic carbocycles. The Labute approximate surface area is 72.8 Å². The van der Waals surface area contributed by atoms with Crippen LogP contribution in [0.2, 0.25) is 5.02 Å². The van der Waals surface area contributed by atoms with Gasteiger partial charge in [0, 0.05) is 6.20 Å². The lowest BCUT2D eigenvalue weighted by Gasteiger charge is -1.93. The summed E-state index contributed by atoms with van der Waals surface area (Å²) >= 11 is 5.86. The molecule has 2 rings (SSSR count). The molecular weight excluding hydrogens is 176 g/mol. The van der Waals surface area contributed by atoms with Crippen molar-refractivity contribution in [3.05, 3.63) is 23.0 Å². The largest absolute Gasteiger partial charge is 0.261 e. The Bertz CT molecular complexity index is 468. The van der Waals surface area contributed by atoms with Crippen molar-refractivity contribution in [2.45, 2.75) is 0 Å². The predicted octanol–water partition coefficient (Wildman–Crippen LogP) is 1.48. The van der Waals surface area contributed by atoms with E-state index < -0.39 is 0 Å². The van der Waals surface area contributed by atoms with Gasteiger partial charge in [-0.15, -0.1) is 0 Å². The standard InChI is InChI=1S/C7H3ClN4/c8-6-4(1-9)2-10-7-5(6)3-11-12-7/h2-3H,(H,10,11,12). The van der Waals surface area contributed by atoms with E-state index in [0.29, 0.717) is 21.6 Å². The van der Waals surface area contributed by atoms with E-state index in [0.717, 1.165) is 0 Å². The number of nitriles is 1. The molecule has 0 radical (unpaired) electrons. The van der Waals surface area contributed by atoms with Crippen molar-refractivity contribution in [3.8, 4) is 6.07 Å². The van der Waals surface area contributed by atoms with Gasteiger partial charge in [0.15, 0.2) is 5.65 Å². The van der Waals surface area contributed by atoms with Crippen molar-refractivity contribution in [2.75, 3.05) is 0 Å². The minimum atomic E-state index is 0.366. The van der Waals surface area contributed by atoms with Gasteiger partial charge >= 0.3 is 0 Å². The summed E-state index contributed by atoms with van der Waals surface area (Å²) in [6, 6.07) is 1.94. The summed E-state index contributed by atoms with van der Waals surface area (Å²) in [7, 11) is 0. The minimum Gasteiger partial charge on any atom is -0.261 e. The summed E-state index contributed by atoms with van der Waals surface area (Å²) in [5.41, 5.74) is 0.963. The van der Waals surface area contributed by atoms with Crippen LogP contribution in [0.1, 0.15) is 5.56 Å². The van der Waals surface area contributed by atoms with Crippen LogP contribution in [-0.2, 0) is 0 Å². The fourth-order valence-corrected chi connectivity index (χ4v) is 1.18. The topological polar surface area (TPSA) is 65.4 Å². The summed E-state index contributed by atoms with van der Waals surface area (Å²) in [6.45, 7) is 0. The van der Waals surface area contributed by atoms with E-state index in [1.807, 2.05) is 6.07 Å². The first-order valence-corrected chi connectivity index (χ1v) is 3.58. The highest BCUT2D eigenvalue weighted by Gasteiger charge is 2.06.